The second-order valence-corrected chi connectivity index (χ2v) is 17.7. The van der Waals surface area contributed by atoms with Gasteiger partial charge in [-0.3, -0.25) is 28.4 Å². The van der Waals surface area contributed by atoms with Crippen molar-refractivity contribution < 1.29 is 44.9 Å². The molecule has 55 heavy (non-hydrogen) atoms. The number of anilines is 1. The number of aryl methyl sites for hydroxylation is 1. The number of rotatable bonds is 17. The lowest BCUT2D eigenvalue weighted by atomic mass is 9.82. The van der Waals surface area contributed by atoms with Crippen LogP contribution in [-0.4, -0.2) is 79.7 Å². The van der Waals surface area contributed by atoms with Crippen molar-refractivity contribution in [1.82, 2.24) is 10.2 Å². The second kappa shape index (κ2) is 16.5. The summed E-state index contributed by atoms with van der Waals surface area (Å²) >= 11 is 0. The van der Waals surface area contributed by atoms with Crippen molar-refractivity contribution >= 4 is 55.2 Å². The third kappa shape index (κ3) is 9.73. The molecule has 1 aromatic heterocycles. The Balaban J connectivity index is 1.25. The number of nitrogens with zero attached hydrogens (tertiary/aromatic N) is 4. The predicted molar refractivity (Wildman–Crippen MR) is 208 cm³/mol. The highest BCUT2D eigenvalue weighted by Crippen LogP contribution is 2.48. The van der Waals surface area contributed by atoms with E-state index in [0.717, 1.165) is 51.8 Å². The van der Waals surface area contributed by atoms with Gasteiger partial charge >= 0.3 is 5.82 Å². The number of aromatic nitrogens is 1. The number of hydrogen-bond donors (Lipinski definition) is 3. The van der Waals surface area contributed by atoms with Gasteiger partial charge in [-0.1, -0.05) is 38.5 Å². The summed E-state index contributed by atoms with van der Waals surface area (Å²) in [5, 5.41) is 2.76. The van der Waals surface area contributed by atoms with Crippen molar-refractivity contribution in [3.05, 3.63) is 95.9 Å². The van der Waals surface area contributed by atoms with Gasteiger partial charge in [0.1, 0.15) is 0 Å². The first-order valence-corrected chi connectivity index (χ1v) is 21.2. The Bertz CT molecular complexity index is 2220. The normalized spacial score (nSPS) is 18.2. The van der Waals surface area contributed by atoms with Gasteiger partial charge in [-0.2, -0.15) is 16.8 Å². The van der Waals surface area contributed by atoms with Gasteiger partial charge in [0.25, 0.3) is 32.1 Å². The molecular formula is C39H48N5O9S2+. The minimum Gasteiger partial charge on any atom is -0.354 e. The van der Waals surface area contributed by atoms with Gasteiger partial charge in [-0.15, -0.1) is 0 Å². The van der Waals surface area contributed by atoms with Gasteiger partial charge in [0.2, 0.25) is 5.91 Å². The highest BCUT2D eigenvalue weighted by molar-refractivity contribution is 7.86. The number of unbranched alkanes of at least 4 members (excludes halogenated alkanes) is 2. The number of nitrogens with one attached hydrogen (secondary N) is 1. The van der Waals surface area contributed by atoms with Gasteiger partial charge in [0.15, 0.2) is 5.71 Å². The van der Waals surface area contributed by atoms with E-state index in [1.54, 1.807) is 6.07 Å². The van der Waals surface area contributed by atoms with Gasteiger partial charge in [0, 0.05) is 61.4 Å². The number of pyridine rings is 1. The summed E-state index contributed by atoms with van der Waals surface area (Å²) in [6.45, 7) is 9.41. The molecule has 0 saturated carbocycles. The van der Waals surface area contributed by atoms with Gasteiger partial charge < -0.3 is 10.2 Å². The molecule has 3 aliphatic rings. The third-order valence-electron chi connectivity index (χ3n) is 10.1. The zero-order chi connectivity index (χ0) is 40.2. The molecule has 0 aliphatic carbocycles. The molecule has 5 rings (SSSR count). The van der Waals surface area contributed by atoms with E-state index in [1.807, 2.05) is 67.1 Å². The lowest BCUT2D eigenvalue weighted by Gasteiger charge is -2.27. The fourth-order valence-electron chi connectivity index (χ4n) is 7.08. The molecule has 4 heterocycles. The maximum Gasteiger partial charge on any atom is 0.327 e. The summed E-state index contributed by atoms with van der Waals surface area (Å²) in [6.07, 6.45) is 16.5. The summed E-state index contributed by atoms with van der Waals surface area (Å²) in [4.78, 5) is 43.7. The number of hydrogen-bond acceptors (Lipinski definition) is 9. The molecular weight excluding hydrogens is 747 g/mol. The smallest absolute Gasteiger partial charge is 0.327 e. The summed E-state index contributed by atoms with van der Waals surface area (Å²) in [6, 6.07) is 8.51. The van der Waals surface area contributed by atoms with Gasteiger partial charge in [-0.25, -0.2) is 4.57 Å². The number of aliphatic imine (C=N–C) groups is 1. The van der Waals surface area contributed by atoms with Crippen LogP contribution in [0.5, 0.6) is 0 Å². The van der Waals surface area contributed by atoms with Crippen LogP contribution in [0.2, 0.25) is 0 Å². The van der Waals surface area contributed by atoms with E-state index in [0.29, 0.717) is 25.9 Å². The van der Waals surface area contributed by atoms with Crippen molar-refractivity contribution in [3.8, 4) is 0 Å². The number of carbonyl (C=O) groups is 3. The SMILES string of the molecule is CC1(C)C(=CC=CC=CC2=Nc3c(ccc[n+]3CCCS(=O)(=O)O)C2(C)C)N(CCCCCC(=O)NCCN2C(=O)C=CC2=O)c2ccc(S(=O)(=O)O)cc21. The number of amides is 3. The zero-order valence-electron chi connectivity index (χ0n) is 31.4. The number of carbonyl (C=O) groups excluding carboxylic acids is 3. The average molecular weight is 795 g/mol. The van der Waals surface area contributed by atoms with Crippen LogP contribution in [-0.2, 0) is 52.0 Å². The van der Waals surface area contributed by atoms with E-state index < -0.39 is 31.1 Å². The van der Waals surface area contributed by atoms with Crippen molar-refractivity contribution in [2.24, 2.45) is 4.99 Å². The second-order valence-electron chi connectivity index (χ2n) is 14.7. The zero-order valence-corrected chi connectivity index (χ0v) is 33.1. The van der Waals surface area contributed by atoms with Crippen molar-refractivity contribution in [2.75, 3.05) is 30.3 Å². The fraction of sp³-hybridized carbons (Fsp3) is 0.410. The number of imide groups is 1. The summed E-state index contributed by atoms with van der Waals surface area (Å²) in [5.74, 6) is -0.537. The first-order chi connectivity index (χ1) is 25.8. The average Bonchev–Trinajstić information content (AvgIpc) is 3.64. The Kier molecular flexibility index (Phi) is 12.4. The Morgan fingerprint density at radius 3 is 2.29 bits per heavy atom. The van der Waals surface area contributed by atoms with Crippen molar-refractivity contribution in [3.63, 3.8) is 0 Å². The van der Waals surface area contributed by atoms with Crippen LogP contribution in [0.25, 0.3) is 0 Å². The van der Waals surface area contributed by atoms with E-state index in [2.05, 4.69) is 24.1 Å². The molecule has 14 nitrogen and oxygen atoms in total. The van der Waals surface area contributed by atoms with E-state index in [9.17, 15) is 35.8 Å². The van der Waals surface area contributed by atoms with Crippen molar-refractivity contribution in [2.45, 2.75) is 82.1 Å². The van der Waals surface area contributed by atoms with Crippen LogP contribution in [0.3, 0.4) is 0 Å². The molecule has 0 atom stereocenters. The Morgan fingerprint density at radius 1 is 0.873 bits per heavy atom. The van der Waals surface area contributed by atoms with Gasteiger partial charge in [-0.05, 0) is 79.7 Å². The molecule has 0 unspecified atom stereocenters. The Morgan fingerprint density at radius 2 is 1.60 bits per heavy atom. The van der Waals surface area contributed by atoms with Crippen molar-refractivity contribution in [1.29, 1.82) is 0 Å². The first kappa shape index (κ1) is 41.4. The van der Waals surface area contributed by atoms with Crippen LogP contribution >= 0.6 is 0 Å². The molecule has 0 radical (unpaired) electrons. The summed E-state index contributed by atoms with van der Waals surface area (Å²) in [5.41, 5.74) is 3.32. The Labute approximate surface area is 322 Å². The number of fused-ring (bicyclic) bond motifs is 2. The van der Waals surface area contributed by atoms with E-state index >= 15 is 0 Å². The Hall–Kier alpha value is -4.77. The lowest BCUT2D eigenvalue weighted by Crippen LogP contribution is -2.38. The van der Waals surface area contributed by atoms with E-state index in [-0.39, 0.29) is 47.9 Å². The molecule has 3 aliphatic heterocycles. The molecule has 2 aromatic rings. The minimum atomic E-state index is -4.42. The molecule has 294 valence electrons. The van der Waals surface area contributed by atoms with Crippen LogP contribution in [0.1, 0.15) is 70.9 Å². The number of allylic oxidation sites excluding steroid dienone is 6. The number of benzene rings is 1. The highest BCUT2D eigenvalue weighted by atomic mass is 32.2. The first-order valence-electron chi connectivity index (χ1n) is 18.1. The molecule has 0 fully saturated rings. The molecule has 0 spiro atoms. The van der Waals surface area contributed by atoms with Crippen LogP contribution in [0, 0.1) is 0 Å². The summed E-state index contributed by atoms with van der Waals surface area (Å²) in [7, 11) is -8.48. The van der Waals surface area contributed by atoms with E-state index in [4.69, 9.17) is 9.55 Å². The largest absolute Gasteiger partial charge is 0.354 e. The fourth-order valence-corrected chi connectivity index (χ4v) is 8.08. The minimum absolute atomic E-state index is 0.115. The third-order valence-corrected chi connectivity index (χ3v) is 11.8. The molecule has 0 saturated heterocycles. The molecule has 16 heteroatoms. The standard InChI is InChI=1S/C39H47N5O9S2/c1-38(2)29-13-11-22-42(23-12-26-54(48,49)50)37(29)41-32(38)14-7-5-8-15-33-39(3,4)30-27-28(55(51,52)53)17-18-31(30)43(33)24-10-6-9-16-34(45)40-21-25-44-35(46)19-20-36(44)47/h5,7-8,11,13-15,17-20,22,27H,6,9-10,12,16,21,23-26H2,1-4H3,(H2-,40,45,48,49,50,51,52,53)/p+1. The van der Waals surface area contributed by atoms with E-state index in [1.165, 1.54) is 24.3 Å². The van der Waals surface area contributed by atoms with Crippen LogP contribution in [0.15, 0.2) is 94.6 Å². The highest BCUT2D eigenvalue weighted by Gasteiger charge is 2.42. The monoisotopic (exact) mass is 794 g/mol. The molecule has 0 bridgehead atoms. The quantitative estimate of drug-likeness (QED) is 0.0685. The van der Waals surface area contributed by atoms with Crippen LogP contribution < -0.4 is 14.8 Å². The molecule has 3 amide bonds. The molecule has 3 N–H and O–H groups in total. The van der Waals surface area contributed by atoms with Gasteiger partial charge in [0.05, 0.1) is 34.4 Å². The lowest BCUT2D eigenvalue weighted by molar-refractivity contribution is -0.684. The van der Waals surface area contributed by atoms with Crippen LogP contribution in [0.4, 0.5) is 11.5 Å². The molecule has 1 aromatic carbocycles. The topological polar surface area (TPSA) is 195 Å². The predicted octanol–water partition coefficient (Wildman–Crippen LogP) is 4.26. The summed E-state index contributed by atoms with van der Waals surface area (Å²) < 4.78 is 67.3. The maximum atomic E-state index is 12.4. The maximum absolute atomic E-state index is 12.4.